The highest BCUT2D eigenvalue weighted by molar-refractivity contribution is 7.92. The van der Waals surface area contributed by atoms with Crippen molar-refractivity contribution in [1.29, 1.82) is 0 Å². The maximum atomic E-state index is 12.7. The van der Waals surface area contributed by atoms with E-state index in [1.165, 1.54) is 23.5 Å². The van der Waals surface area contributed by atoms with Gasteiger partial charge in [-0.1, -0.05) is 151 Å². The number of hydrogen-bond donors (Lipinski definition) is 5. The van der Waals surface area contributed by atoms with Gasteiger partial charge < -0.3 is 4.98 Å². The summed E-state index contributed by atoms with van der Waals surface area (Å²) in [7, 11) is -15.9. The number of halogens is 2. The molecule has 0 radical (unpaired) electrons. The summed E-state index contributed by atoms with van der Waals surface area (Å²) in [4.78, 5) is 52.7. The van der Waals surface area contributed by atoms with E-state index in [2.05, 4.69) is 39.5 Å². The number of H-pyrrole nitrogens is 1. The van der Waals surface area contributed by atoms with Crippen LogP contribution in [0.1, 0.15) is 45.6 Å². The van der Waals surface area contributed by atoms with Crippen LogP contribution in [-0.2, 0) is 85.0 Å². The summed E-state index contributed by atoms with van der Waals surface area (Å²) < 4.78 is 117. The first kappa shape index (κ1) is 78.4. The first-order chi connectivity index (χ1) is 52.5. The maximum absolute atomic E-state index is 12.7. The second kappa shape index (κ2) is 33.7. The van der Waals surface area contributed by atoms with Crippen LogP contribution in [0.3, 0.4) is 0 Å². The SMILES string of the molecule is Cc1cc(CC(=O)NS(=O)(=O)c2cc(Cl)c(Cl)s2)n(-c2ccccc2)n1.Cc1cc(CC(=O)NS(=O)(=O)c2cc3ccccc3[nH]2)n(-c2ccccc2)n1.Cc1cc(CC(=O)NS(=O)(=O)c2cc3ccccc3s2)n(-c2ccccc2)n1.Cc1cc(CC(=O)NS(=O)(=O)c2csc3ccccc23)n(-c2ccccc2)n1. The van der Waals surface area contributed by atoms with E-state index in [4.69, 9.17) is 23.2 Å². The van der Waals surface area contributed by atoms with Gasteiger partial charge in [-0.15, -0.1) is 34.0 Å². The van der Waals surface area contributed by atoms with Gasteiger partial charge in [0.25, 0.3) is 40.1 Å². The van der Waals surface area contributed by atoms with Crippen molar-refractivity contribution >= 4 is 152 Å². The molecule has 0 saturated carbocycles. The smallest absolute Gasteiger partial charge is 0.279 e. The van der Waals surface area contributed by atoms with Crippen molar-refractivity contribution in [2.24, 2.45) is 0 Å². The molecule has 34 heteroatoms. The number of amides is 4. The molecule has 562 valence electrons. The minimum absolute atomic E-state index is 0.0465. The predicted octanol–water partition coefficient (Wildman–Crippen LogP) is 13.2. The molecule has 0 fully saturated rings. The number of aromatic amines is 1. The molecule has 0 bridgehead atoms. The number of carbonyl (C=O) groups excluding carboxylic acids is 4. The number of fused-ring (bicyclic) bond motifs is 3. The van der Waals surface area contributed by atoms with Gasteiger partial charge in [0.1, 0.15) is 17.7 Å². The minimum atomic E-state index is -4.03. The van der Waals surface area contributed by atoms with E-state index in [0.29, 0.717) is 33.7 Å². The molecule has 15 aromatic rings. The van der Waals surface area contributed by atoms with Crippen molar-refractivity contribution in [1.82, 2.24) is 63.0 Å². The monoisotopic (exact) mass is 1650 g/mol. The molecule has 0 aliphatic heterocycles. The van der Waals surface area contributed by atoms with Gasteiger partial charge in [0.15, 0.2) is 5.03 Å². The molecule has 0 saturated heterocycles. The number of benzene rings is 7. The molecule has 7 aromatic carbocycles. The van der Waals surface area contributed by atoms with Gasteiger partial charge in [0.2, 0.25) is 23.6 Å². The number of aryl methyl sites for hydroxylation is 4. The van der Waals surface area contributed by atoms with Crippen LogP contribution >= 0.6 is 57.2 Å². The van der Waals surface area contributed by atoms with Crippen LogP contribution in [0.5, 0.6) is 0 Å². The Balaban J connectivity index is 0.000000137. The van der Waals surface area contributed by atoms with Crippen molar-refractivity contribution in [3.05, 3.63) is 297 Å². The topological polar surface area (TPSA) is 340 Å². The summed E-state index contributed by atoms with van der Waals surface area (Å²) in [5.74, 6) is -2.51. The van der Waals surface area contributed by atoms with Crippen molar-refractivity contribution in [2.75, 3.05) is 0 Å². The lowest BCUT2D eigenvalue weighted by Gasteiger charge is -2.09. The third-order valence-electron chi connectivity index (χ3n) is 16.1. The van der Waals surface area contributed by atoms with Gasteiger partial charge in [0, 0.05) is 31.1 Å². The van der Waals surface area contributed by atoms with Crippen LogP contribution in [0.4, 0.5) is 0 Å². The molecular weight excluding hydrogens is 1580 g/mol. The van der Waals surface area contributed by atoms with E-state index in [0.717, 1.165) is 88.4 Å². The van der Waals surface area contributed by atoms with Crippen LogP contribution in [0.2, 0.25) is 9.36 Å². The number of hydrogen-bond acceptors (Lipinski definition) is 19. The van der Waals surface area contributed by atoms with Gasteiger partial charge >= 0.3 is 0 Å². The molecule has 5 N–H and O–H groups in total. The molecule has 0 unspecified atom stereocenters. The summed E-state index contributed by atoms with van der Waals surface area (Å²) in [6.07, 6.45) is -0.464. The number of para-hydroxylation sites is 5. The molecule has 25 nitrogen and oxygen atoms in total. The number of sulfonamides is 4. The molecule has 0 spiro atoms. The number of carbonyl (C=O) groups is 4. The van der Waals surface area contributed by atoms with Crippen molar-refractivity contribution < 1.29 is 52.8 Å². The van der Waals surface area contributed by atoms with E-state index in [9.17, 15) is 52.8 Å². The Bertz CT molecular complexity index is 6080. The summed E-state index contributed by atoms with van der Waals surface area (Å²) in [5.41, 5.74) is 9.26. The Kier molecular flexibility index (Phi) is 24.0. The summed E-state index contributed by atoms with van der Waals surface area (Å²) in [5, 5.41) is 21.4. The highest BCUT2D eigenvalue weighted by atomic mass is 35.5. The van der Waals surface area contributed by atoms with Gasteiger partial charge in [0.05, 0.1) is 99.0 Å². The fourth-order valence-electron chi connectivity index (χ4n) is 11.4. The average molecular weight is 1650 g/mol. The predicted molar refractivity (Wildman–Crippen MR) is 426 cm³/mol. The second-order valence-corrected chi connectivity index (χ2v) is 35.7. The van der Waals surface area contributed by atoms with E-state index in [1.807, 2.05) is 189 Å². The average Bonchev–Trinajstić information content (AvgIpc) is 1.63. The molecule has 0 aliphatic carbocycles. The molecule has 4 amide bonds. The number of aromatic nitrogens is 9. The first-order valence-corrected chi connectivity index (χ1v) is 42.4. The van der Waals surface area contributed by atoms with Gasteiger partial charge in [-0.3, -0.25) is 19.2 Å². The van der Waals surface area contributed by atoms with E-state index in [-0.39, 0.29) is 53.4 Å². The van der Waals surface area contributed by atoms with Crippen LogP contribution in [0.25, 0.3) is 53.8 Å². The first-order valence-electron chi connectivity index (χ1n) is 33.2. The molecule has 0 atom stereocenters. The molecule has 15 rings (SSSR count). The van der Waals surface area contributed by atoms with Crippen molar-refractivity contribution in [3.8, 4) is 22.7 Å². The van der Waals surface area contributed by atoms with E-state index >= 15 is 0 Å². The van der Waals surface area contributed by atoms with Gasteiger partial charge in [-0.25, -0.2) is 62.9 Å². The van der Waals surface area contributed by atoms with Crippen molar-refractivity contribution in [2.45, 2.75) is 71.7 Å². The highest BCUT2D eigenvalue weighted by Gasteiger charge is 2.28. The minimum Gasteiger partial charge on any atom is -0.344 e. The van der Waals surface area contributed by atoms with Crippen molar-refractivity contribution in [3.63, 3.8) is 0 Å². The normalized spacial score (nSPS) is 11.6. The molecule has 8 aromatic heterocycles. The molecular formula is C76H65Cl2N13O12S7. The Morgan fingerprint density at radius 3 is 1.12 bits per heavy atom. The largest absolute Gasteiger partial charge is 0.344 e. The van der Waals surface area contributed by atoms with Crippen LogP contribution in [-0.4, -0.2) is 101 Å². The molecule has 0 aliphatic rings. The van der Waals surface area contributed by atoms with Gasteiger partial charge in [-0.2, -0.15) is 28.8 Å². The lowest BCUT2D eigenvalue weighted by Crippen LogP contribution is -2.32. The van der Waals surface area contributed by atoms with Crippen LogP contribution in [0.15, 0.2) is 260 Å². The van der Waals surface area contributed by atoms with Gasteiger partial charge in [-0.05, 0) is 142 Å². The van der Waals surface area contributed by atoms with E-state index in [1.54, 1.807) is 91.7 Å². The lowest BCUT2D eigenvalue weighted by molar-refractivity contribution is -0.119. The third kappa shape index (κ3) is 19.3. The summed E-state index contributed by atoms with van der Waals surface area (Å²) >= 11 is 14.8. The number of nitrogens with zero attached hydrogens (tertiary/aromatic N) is 8. The zero-order valence-corrected chi connectivity index (χ0v) is 65.7. The lowest BCUT2D eigenvalue weighted by atomic mass is 10.2. The number of rotatable bonds is 20. The Hall–Kier alpha value is -11.2. The number of thiophene rings is 3. The highest BCUT2D eigenvalue weighted by Crippen LogP contribution is 2.35. The number of nitrogens with one attached hydrogen (secondary N) is 5. The van der Waals surface area contributed by atoms with E-state index < -0.39 is 63.7 Å². The maximum Gasteiger partial charge on any atom is 0.279 e. The Morgan fingerprint density at radius 1 is 0.382 bits per heavy atom. The van der Waals surface area contributed by atoms with Crippen LogP contribution < -0.4 is 18.9 Å². The fraction of sp³-hybridized carbons (Fsp3) is 0.105. The quantitative estimate of drug-likeness (QED) is 0.0473. The van der Waals surface area contributed by atoms with Crippen LogP contribution in [0, 0.1) is 27.7 Å². The second-order valence-electron chi connectivity index (χ2n) is 24.5. The summed E-state index contributed by atoms with van der Waals surface area (Å²) in [6, 6.07) is 70.6. The Morgan fingerprint density at radius 2 is 0.727 bits per heavy atom. The fourth-order valence-corrected chi connectivity index (χ4v) is 20.1. The Labute approximate surface area is 654 Å². The zero-order valence-electron chi connectivity index (χ0n) is 58.5. The zero-order chi connectivity index (χ0) is 78.1. The standard InChI is InChI=1S/C20H18N4O3S.2C20H17N3O3S2.C16H13Cl2N3O3S2/c1-14-11-17(24(22-14)16-8-3-2-4-9-16)13-19(25)23-28(26,27)20-12-15-7-5-6-10-18(15)21-20;1-14-11-17(23(21-14)16-8-3-2-4-9-16)13-19(24)22-28(25,26)20-12-15-7-5-6-10-18(15)27-20;1-14-11-16(23(21-14)15-7-3-2-4-8-15)12-20(24)22-28(25,26)19-13-27-18-10-6-5-9-17(18)19;1-10-7-12(21(19-10)11-5-3-2-4-6-11)8-14(22)20-26(23,24)15-9-13(17)16(18)25-15/h2-12,21H,13H2,1H3,(H,23,25);2-12H,13H2,1H3,(H,22,24);2-11,13H,12H2,1H3,(H,22,24);2-7,9H,8H2,1H3,(H,20,22). The third-order valence-corrected chi connectivity index (χ3v) is 26.6. The summed E-state index contributed by atoms with van der Waals surface area (Å²) in [6.45, 7) is 7.28. The molecule has 8 heterocycles. The molecule has 110 heavy (non-hydrogen) atoms.